The molecule has 2 aromatic carbocycles. The number of rotatable bonds is 3. The number of anilines is 1. The van der Waals surface area contributed by atoms with Crippen molar-refractivity contribution in [2.24, 2.45) is 0 Å². The van der Waals surface area contributed by atoms with Crippen molar-refractivity contribution >= 4 is 17.4 Å². The Labute approximate surface area is 149 Å². The van der Waals surface area contributed by atoms with Gasteiger partial charge in [-0.25, -0.2) is 0 Å². The van der Waals surface area contributed by atoms with Crippen LogP contribution in [0.4, 0.5) is 5.69 Å². The Morgan fingerprint density at radius 2 is 1.54 bits per heavy atom. The molecule has 0 aromatic heterocycles. The fourth-order valence-corrected chi connectivity index (χ4v) is 5.13. The van der Waals surface area contributed by atoms with E-state index in [-0.39, 0.29) is 0 Å². The fourth-order valence-electron chi connectivity index (χ4n) is 3.99. The Balaban J connectivity index is 1.66. The molecule has 2 atom stereocenters. The summed E-state index contributed by atoms with van der Waals surface area (Å²) in [5.74, 6) is 0. The van der Waals surface area contributed by atoms with Crippen LogP contribution >= 0.6 is 11.8 Å². The van der Waals surface area contributed by atoms with Crippen molar-refractivity contribution in [2.45, 2.75) is 55.5 Å². The van der Waals surface area contributed by atoms with E-state index in [9.17, 15) is 0 Å². The number of nitrogens with one attached hydrogen (secondary N) is 1. The molecule has 2 fully saturated rings. The highest BCUT2D eigenvalue weighted by atomic mass is 32.2. The summed E-state index contributed by atoms with van der Waals surface area (Å²) in [4.78, 5) is 5.36. The largest absolute Gasteiger partial charge is 0.367 e. The third-order valence-electron chi connectivity index (χ3n) is 5.22. The zero-order valence-electron chi connectivity index (χ0n) is 14.8. The standard InChI is InChI=1S/C21H26N2S/c1-14-5-9-20(16(3)10-14)24-21-11-15(2)4-8-19(21)23-12-17-6-7-18(13-23)22-17/h4-5,8-11,17-18,22H,6-7,12-13H2,1-3H3. The zero-order chi connectivity index (χ0) is 16.7. The van der Waals surface area contributed by atoms with E-state index < -0.39 is 0 Å². The molecule has 24 heavy (non-hydrogen) atoms. The minimum absolute atomic E-state index is 0.670. The lowest BCUT2D eigenvalue weighted by Crippen LogP contribution is -2.51. The fraction of sp³-hybridized carbons (Fsp3) is 0.429. The van der Waals surface area contributed by atoms with Gasteiger partial charge in [0.1, 0.15) is 0 Å². The maximum Gasteiger partial charge on any atom is 0.0509 e. The summed E-state index contributed by atoms with van der Waals surface area (Å²) < 4.78 is 0. The first-order chi connectivity index (χ1) is 11.6. The van der Waals surface area contributed by atoms with Gasteiger partial charge in [0.05, 0.1) is 5.69 Å². The highest BCUT2D eigenvalue weighted by molar-refractivity contribution is 7.99. The van der Waals surface area contributed by atoms with Gasteiger partial charge in [-0.15, -0.1) is 0 Å². The number of hydrogen-bond acceptors (Lipinski definition) is 3. The molecule has 2 bridgehead atoms. The second-order valence-corrected chi connectivity index (χ2v) is 8.47. The summed E-state index contributed by atoms with van der Waals surface area (Å²) in [6, 6.07) is 15.0. The summed E-state index contributed by atoms with van der Waals surface area (Å²) in [7, 11) is 0. The SMILES string of the molecule is Cc1ccc(Sc2cc(C)ccc2N2CC3CCC(C2)N3)c(C)c1. The molecule has 2 saturated heterocycles. The van der Waals surface area contributed by atoms with Gasteiger partial charge in [-0.3, -0.25) is 0 Å². The van der Waals surface area contributed by atoms with Gasteiger partial charge in [-0.05, 0) is 62.9 Å². The number of benzene rings is 2. The number of piperazine rings is 1. The third-order valence-corrected chi connectivity index (χ3v) is 6.45. The van der Waals surface area contributed by atoms with Crippen LogP contribution in [0, 0.1) is 20.8 Å². The van der Waals surface area contributed by atoms with Gasteiger partial charge in [0, 0.05) is 35.0 Å². The van der Waals surface area contributed by atoms with Gasteiger partial charge >= 0.3 is 0 Å². The van der Waals surface area contributed by atoms with Crippen molar-refractivity contribution in [3.63, 3.8) is 0 Å². The topological polar surface area (TPSA) is 15.3 Å². The molecule has 0 saturated carbocycles. The van der Waals surface area contributed by atoms with Crippen molar-refractivity contribution < 1.29 is 0 Å². The first-order valence-corrected chi connectivity index (χ1v) is 9.77. The second kappa shape index (κ2) is 6.45. The van der Waals surface area contributed by atoms with Crippen LogP contribution in [0.1, 0.15) is 29.5 Å². The van der Waals surface area contributed by atoms with Gasteiger partial charge < -0.3 is 10.2 Å². The highest BCUT2D eigenvalue weighted by Gasteiger charge is 2.32. The lowest BCUT2D eigenvalue weighted by molar-refractivity contribution is 0.464. The molecule has 4 rings (SSSR count). The van der Waals surface area contributed by atoms with Gasteiger partial charge in [0.2, 0.25) is 0 Å². The van der Waals surface area contributed by atoms with Crippen molar-refractivity contribution in [1.82, 2.24) is 5.32 Å². The van der Waals surface area contributed by atoms with Gasteiger partial charge in [-0.2, -0.15) is 0 Å². The van der Waals surface area contributed by atoms with E-state index in [1.54, 1.807) is 0 Å². The molecular weight excluding hydrogens is 312 g/mol. The van der Waals surface area contributed by atoms with Crippen LogP contribution < -0.4 is 10.2 Å². The van der Waals surface area contributed by atoms with Crippen LogP contribution in [0.25, 0.3) is 0 Å². The van der Waals surface area contributed by atoms with Crippen LogP contribution in [0.2, 0.25) is 0 Å². The molecule has 2 nitrogen and oxygen atoms in total. The first kappa shape index (κ1) is 16.0. The molecule has 2 aliphatic rings. The Morgan fingerprint density at radius 3 is 2.25 bits per heavy atom. The van der Waals surface area contributed by atoms with E-state index in [0.29, 0.717) is 12.1 Å². The lowest BCUT2D eigenvalue weighted by atomic mass is 10.1. The first-order valence-electron chi connectivity index (χ1n) is 8.95. The summed E-state index contributed by atoms with van der Waals surface area (Å²) in [5, 5.41) is 3.74. The minimum Gasteiger partial charge on any atom is -0.367 e. The average molecular weight is 339 g/mol. The van der Waals surface area contributed by atoms with Crippen molar-refractivity contribution in [3.05, 3.63) is 53.1 Å². The van der Waals surface area contributed by atoms with E-state index in [1.807, 2.05) is 11.8 Å². The zero-order valence-corrected chi connectivity index (χ0v) is 15.6. The molecule has 2 heterocycles. The van der Waals surface area contributed by atoms with Crippen molar-refractivity contribution in [3.8, 4) is 0 Å². The summed E-state index contributed by atoms with van der Waals surface area (Å²) >= 11 is 1.92. The summed E-state index contributed by atoms with van der Waals surface area (Å²) in [5.41, 5.74) is 5.45. The lowest BCUT2D eigenvalue weighted by Gasteiger charge is -2.35. The molecule has 0 aliphatic carbocycles. The minimum atomic E-state index is 0.670. The van der Waals surface area contributed by atoms with E-state index in [4.69, 9.17) is 0 Å². The number of nitrogens with zero attached hydrogens (tertiary/aromatic N) is 1. The molecule has 2 aromatic rings. The van der Waals surface area contributed by atoms with Crippen molar-refractivity contribution in [2.75, 3.05) is 18.0 Å². The second-order valence-electron chi connectivity index (χ2n) is 7.39. The maximum absolute atomic E-state index is 3.74. The van der Waals surface area contributed by atoms with Gasteiger partial charge in [-0.1, -0.05) is 35.5 Å². The summed E-state index contributed by atoms with van der Waals surface area (Å²) in [6.07, 6.45) is 2.65. The Morgan fingerprint density at radius 1 is 0.875 bits per heavy atom. The average Bonchev–Trinajstić information content (AvgIpc) is 2.88. The molecule has 0 spiro atoms. The van der Waals surface area contributed by atoms with Crippen LogP contribution in [0.15, 0.2) is 46.2 Å². The quantitative estimate of drug-likeness (QED) is 0.873. The molecule has 126 valence electrons. The summed E-state index contributed by atoms with van der Waals surface area (Å²) in [6.45, 7) is 8.85. The Kier molecular flexibility index (Phi) is 4.31. The third kappa shape index (κ3) is 3.20. The van der Waals surface area contributed by atoms with Crippen LogP contribution in [0.5, 0.6) is 0 Å². The highest BCUT2D eigenvalue weighted by Crippen LogP contribution is 2.39. The predicted molar refractivity (Wildman–Crippen MR) is 103 cm³/mol. The van der Waals surface area contributed by atoms with E-state index in [0.717, 1.165) is 13.1 Å². The Bertz CT molecular complexity index is 743. The Hall–Kier alpha value is -1.45. The van der Waals surface area contributed by atoms with Crippen LogP contribution in [-0.4, -0.2) is 25.2 Å². The number of aryl methyl sites for hydroxylation is 3. The monoisotopic (exact) mass is 338 g/mol. The number of fused-ring (bicyclic) bond motifs is 2. The normalized spacial score (nSPS) is 22.9. The van der Waals surface area contributed by atoms with Crippen LogP contribution in [-0.2, 0) is 0 Å². The predicted octanol–water partition coefficient (Wildman–Crippen LogP) is 4.70. The molecule has 3 heteroatoms. The van der Waals surface area contributed by atoms with E-state index >= 15 is 0 Å². The number of hydrogen-bond donors (Lipinski definition) is 1. The van der Waals surface area contributed by atoms with E-state index in [1.165, 1.54) is 45.0 Å². The van der Waals surface area contributed by atoms with Crippen LogP contribution in [0.3, 0.4) is 0 Å². The molecule has 0 radical (unpaired) electrons. The van der Waals surface area contributed by atoms with E-state index in [2.05, 4.69) is 67.4 Å². The smallest absolute Gasteiger partial charge is 0.0509 e. The molecular formula is C21H26N2S. The van der Waals surface area contributed by atoms with Gasteiger partial charge in [0.15, 0.2) is 0 Å². The molecule has 2 unspecified atom stereocenters. The van der Waals surface area contributed by atoms with Gasteiger partial charge in [0.25, 0.3) is 0 Å². The molecule has 0 amide bonds. The molecule has 1 N–H and O–H groups in total. The maximum atomic E-state index is 3.74. The molecule has 2 aliphatic heterocycles. The van der Waals surface area contributed by atoms with Crippen molar-refractivity contribution in [1.29, 1.82) is 0 Å².